The third kappa shape index (κ3) is 3.25. The Morgan fingerprint density at radius 2 is 2.00 bits per heavy atom. The summed E-state index contributed by atoms with van der Waals surface area (Å²) in [6.07, 6.45) is 3.35. The smallest absolute Gasteiger partial charge is 0.188 e. The summed E-state index contributed by atoms with van der Waals surface area (Å²) in [4.78, 5) is 8.23. The molecule has 2 aromatic rings. The van der Waals surface area contributed by atoms with Crippen LogP contribution < -0.4 is 5.73 Å². The van der Waals surface area contributed by atoms with E-state index in [0.717, 1.165) is 5.56 Å². The van der Waals surface area contributed by atoms with Gasteiger partial charge in [-0.1, -0.05) is 23.9 Å². The fourth-order valence-electron chi connectivity index (χ4n) is 1.43. The normalized spacial score (nSPS) is 12.4. The van der Waals surface area contributed by atoms with E-state index in [2.05, 4.69) is 9.97 Å². The van der Waals surface area contributed by atoms with E-state index < -0.39 is 0 Å². The molecule has 0 aliphatic heterocycles. The zero-order valence-corrected chi connectivity index (χ0v) is 9.90. The Labute approximate surface area is 103 Å². The Morgan fingerprint density at radius 1 is 1.24 bits per heavy atom. The Kier molecular flexibility index (Phi) is 4.06. The number of thioether (sulfide) groups is 1. The first kappa shape index (κ1) is 12.0. The molecule has 3 nitrogen and oxygen atoms in total. The van der Waals surface area contributed by atoms with Crippen LogP contribution in [0.1, 0.15) is 10.8 Å². The van der Waals surface area contributed by atoms with Gasteiger partial charge in [0.25, 0.3) is 0 Å². The summed E-state index contributed by atoms with van der Waals surface area (Å²) in [6.45, 7) is 0.409. The molecular weight excluding hydrogens is 237 g/mol. The van der Waals surface area contributed by atoms with E-state index >= 15 is 0 Å². The van der Waals surface area contributed by atoms with Crippen molar-refractivity contribution >= 4 is 11.8 Å². The summed E-state index contributed by atoms with van der Waals surface area (Å²) in [5, 5.41) is 0.611. The van der Waals surface area contributed by atoms with Crippen molar-refractivity contribution in [3.63, 3.8) is 0 Å². The maximum Gasteiger partial charge on any atom is 0.188 e. The number of hydrogen-bond donors (Lipinski definition) is 1. The van der Waals surface area contributed by atoms with Crippen molar-refractivity contribution < 1.29 is 4.39 Å². The second-order valence-electron chi connectivity index (χ2n) is 3.43. The standard InChI is InChI=1S/C12H12FN3S/c13-10-4-1-3-9(7-10)11(8-14)17-12-15-5-2-6-16-12/h1-7,11H,8,14H2. The summed E-state index contributed by atoms with van der Waals surface area (Å²) in [6, 6.07) is 8.20. The van der Waals surface area contributed by atoms with Crippen molar-refractivity contribution in [1.29, 1.82) is 0 Å². The Morgan fingerprint density at radius 3 is 2.65 bits per heavy atom. The van der Waals surface area contributed by atoms with Gasteiger partial charge >= 0.3 is 0 Å². The highest BCUT2D eigenvalue weighted by molar-refractivity contribution is 7.99. The number of nitrogens with zero attached hydrogens (tertiary/aromatic N) is 2. The van der Waals surface area contributed by atoms with Crippen LogP contribution in [0.15, 0.2) is 47.9 Å². The van der Waals surface area contributed by atoms with Crippen LogP contribution in [-0.4, -0.2) is 16.5 Å². The van der Waals surface area contributed by atoms with E-state index in [1.807, 2.05) is 6.07 Å². The van der Waals surface area contributed by atoms with Crippen molar-refractivity contribution in [2.45, 2.75) is 10.4 Å². The van der Waals surface area contributed by atoms with Gasteiger partial charge in [-0.2, -0.15) is 0 Å². The van der Waals surface area contributed by atoms with E-state index in [4.69, 9.17) is 5.73 Å². The van der Waals surface area contributed by atoms with Crippen LogP contribution in [0.25, 0.3) is 0 Å². The minimum absolute atomic E-state index is 0.0342. The predicted molar refractivity (Wildman–Crippen MR) is 66.1 cm³/mol. The highest BCUT2D eigenvalue weighted by Crippen LogP contribution is 2.32. The first-order chi connectivity index (χ1) is 8.29. The van der Waals surface area contributed by atoms with Crippen LogP contribution >= 0.6 is 11.8 Å². The average Bonchev–Trinajstić information content (AvgIpc) is 2.37. The van der Waals surface area contributed by atoms with Crippen molar-refractivity contribution in [3.8, 4) is 0 Å². The van der Waals surface area contributed by atoms with Crippen molar-refractivity contribution in [2.24, 2.45) is 5.73 Å². The molecule has 0 saturated carbocycles. The number of halogens is 1. The molecule has 1 aromatic carbocycles. The average molecular weight is 249 g/mol. The molecule has 2 N–H and O–H groups in total. The van der Waals surface area contributed by atoms with Crippen molar-refractivity contribution in [1.82, 2.24) is 9.97 Å². The van der Waals surface area contributed by atoms with Crippen LogP contribution in [0.4, 0.5) is 4.39 Å². The SMILES string of the molecule is NCC(Sc1ncccn1)c1cccc(F)c1. The molecule has 5 heteroatoms. The van der Waals surface area contributed by atoms with Gasteiger partial charge in [-0.25, -0.2) is 14.4 Å². The quantitative estimate of drug-likeness (QED) is 0.668. The number of aromatic nitrogens is 2. The monoisotopic (exact) mass is 249 g/mol. The minimum Gasteiger partial charge on any atom is -0.329 e. The molecule has 1 aromatic heterocycles. The van der Waals surface area contributed by atoms with Crippen molar-refractivity contribution in [2.75, 3.05) is 6.54 Å². The largest absolute Gasteiger partial charge is 0.329 e. The van der Waals surface area contributed by atoms with Crippen molar-refractivity contribution in [3.05, 3.63) is 54.1 Å². The van der Waals surface area contributed by atoms with Gasteiger partial charge < -0.3 is 5.73 Å². The molecule has 1 heterocycles. The summed E-state index contributed by atoms with van der Waals surface area (Å²) in [5.41, 5.74) is 6.56. The lowest BCUT2D eigenvalue weighted by Gasteiger charge is -2.13. The summed E-state index contributed by atoms with van der Waals surface area (Å²) in [5.74, 6) is -0.254. The fraction of sp³-hybridized carbons (Fsp3) is 0.167. The van der Waals surface area contributed by atoms with Crippen LogP contribution in [0, 0.1) is 5.82 Å². The molecule has 0 aliphatic rings. The highest BCUT2D eigenvalue weighted by atomic mass is 32.2. The molecule has 1 atom stereocenters. The van der Waals surface area contributed by atoms with Crippen LogP contribution in [-0.2, 0) is 0 Å². The molecule has 17 heavy (non-hydrogen) atoms. The Hall–Kier alpha value is -1.46. The number of hydrogen-bond acceptors (Lipinski definition) is 4. The lowest BCUT2D eigenvalue weighted by molar-refractivity contribution is 0.625. The maximum absolute atomic E-state index is 13.1. The zero-order valence-electron chi connectivity index (χ0n) is 9.08. The molecule has 1 unspecified atom stereocenters. The molecule has 0 bridgehead atoms. The maximum atomic E-state index is 13.1. The molecular formula is C12H12FN3S. The van der Waals surface area contributed by atoms with Gasteiger partial charge in [0.15, 0.2) is 5.16 Å². The molecule has 0 aliphatic carbocycles. The third-order valence-corrected chi connectivity index (χ3v) is 3.40. The van der Waals surface area contributed by atoms with Gasteiger partial charge in [0, 0.05) is 24.2 Å². The van der Waals surface area contributed by atoms with E-state index in [-0.39, 0.29) is 11.1 Å². The summed E-state index contributed by atoms with van der Waals surface area (Å²) < 4.78 is 13.1. The molecule has 0 fully saturated rings. The second kappa shape index (κ2) is 5.75. The highest BCUT2D eigenvalue weighted by Gasteiger charge is 2.13. The molecule has 88 valence electrons. The van der Waals surface area contributed by atoms with Crippen LogP contribution in [0.5, 0.6) is 0 Å². The summed E-state index contributed by atoms with van der Waals surface area (Å²) in [7, 11) is 0. The minimum atomic E-state index is -0.254. The van der Waals surface area contributed by atoms with E-state index in [1.54, 1.807) is 24.5 Å². The second-order valence-corrected chi connectivity index (χ2v) is 4.60. The number of rotatable bonds is 4. The first-order valence-electron chi connectivity index (χ1n) is 5.19. The Bertz CT molecular complexity index is 478. The Balaban J connectivity index is 2.17. The van der Waals surface area contributed by atoms with Gasteiger partial charge in [0.2, 0.25) is 0 Å². The summed E-state index contributed by atoms with van der Waals surface area (Å²) >= 11 is 1.44. The molecule has 0 amide bonds. The molecule has 0 saturated heterocycles. The van der Waals surface area contributed by atoms with Crippen LogP contribution in [0.3, 0.4) is 0 Å². The van der Waals surface area contributed by atoms with E-state index in [0.29, 0.717) is 11.7 Å². The molecule has 0 radical (unpaired) electrons. The molecule has 0 spiro atoms. The number of benzene rings is 1. The van der Waals surface area contributed by atoms with Gasteiger partial charge in [-0.05, 0) is 23.8 Å². The lowest BCUT2D eigenvalue weighted by atomic mass is 10.1. The number of nitrogens with two attached hydrogens (primary N) is 1. The van der Waals surface area contributed by atoms with Gasteiger partial charge in [-0.3, -0.25) is 0 Å². The fourth-order valence-corrected chi connectivity index (χ4v) is 2.31. The predicted octanol–water partition coefficient (Wildman–Crippen LogP) is 2.41. The zero-order chi connectivity index (χ0) is 12.1. The van der Waals surface area contributed by atoms with Crippen LogP contribution in [0.2, 0.25) is 0 Å². The van der Waals surface area contributed by atoms with Gasteiger partial charge in [0.1, 0.15) is 5.82 Å². The first-order valence-corrected chi connectivity index (χ1v) is 6.07. The van der Waals surface area contributed by atoms with E-state index in [1.165, 1.54) is 23.9 Å². The lowest BCUT2D eigenvalue weighted by Crippen LogP contribution is -2.10. The molecule has 2 rings (SSSR count). The van der Waals surface area contributed by atoms with E-state index in [9.17, 15) is 4.39 Å². The van der Waals surface area contributed by atoms with Gasteiger partial charge in [-0.15, -0.1) is 0 Å². The topological polar surface area (TPSA) is 51.8 Å². The third-order valence-electron chi connectivity index (χ3n) is 2.22. The van der Waals surface area contributed by atoms with Gasteiger partial charge in [0.05, 0.1) is 0 Å².